The highest BCUT2D eigenvalue weighted by Gasteiger charge is 2.19. The van der Waals surface area contributed by atoms with Crippen LogP contribution in [0.4, 0.5) is 11.4 Å². The van der Waals surface area contributed by atoms with E-state index in [2.05, 4.69) is 19.2 Å². The number of nitrogens with one attached hydrogen (secondary N) is 1. The molecule has 0 saturated carbocycles. The highest BCUT2D eigenvalue weighted by molar-refractivity contribution is 6.09. The Morgan fingerprint density at radius 2 is 1.58 bits per heavy atom. The predicted molar refractivity (Wildman–Crippen MR) is 108 cm³/mol. The average molecular weight is 352 g/mol. The van der Waals surface area contributed by atoms with Crippen LogP contribution in [0.2, 0.25) is 0 Å². The molecule has 0 unspecified atom stereocenters. The van der Waals surface area contributed by atoms with Gasteiger partial charge in [-0.2, -0.15) is 0 Å². The molecule has 0 aliphatic rings. The molecule has 0 saturated heterocycles. The lowest BCUT2D eigenvalue weighted by Crippen LogP contribution is -2.33. The van der Waals surface area contributed by atoms with Crippen molar-refractivity contribution in [2.45, 2.75) is 47.0 Å². The molecule has 0 heterocycles. The van der Waals surface area contributed by atoms with Gasteiger partial charge >= 0.3 is 0 Å². The molecule has 26 heavy (non-hydrogen) atoms. The van der Waals surface area contributed by atoms with Crippen LogP contribution in [0.5, 0.6) is 0 Å². The van der Waals surface area contributed by atoms with E-state index in [1.807, 2.05) is 56.3 Å². The fourth-order valence-corrected chi connectivity index (χ4v) is 3.12. The third-order valence-corrected chi connectivity index (χ3v) is 4.51. The summed E-state index contributed by atoms with van der Waals surface area (Å²) >= 11 is 0. The maximum Gasteiger partial charge on any atom is 0.236 e. The second kappa shape index (κ2) is 9.18. The highest BCUT2D eigenvalue weighted by atomic mass is 16.2. The summed E-state index contributed by atoms with van der Waals surface area (Å²) in [6.07, 6.45) is 1.51. The normalized spacial score (nSPS) is 10.5. The number of anilines is 2. The number of carbonyl (C=O) groups is 2. The van der Waals surface area contributed by atoms with E-state index < -0.39 is 0 Å². The van der Waals surface area contributed by atoms with Crippen LogP contribution in [0.3, 0.4) is 0 Å². The van der Waals surface area contributed by atoms with Crippen molar-refractivity contribution in [1.82, 2.24) is 0 Å². The van der Waals surface area contributed by atoms with Gasteiger partial charge < -0.3 is 10.2 Å². The van der Waals surface area contributed by atoms with Crippen molar-refractivity contribution in [1.29, 1.82) is 0 Å². The molecule has 2 amide bonds. The van der Waals surface area contributed by atoms with Gasteiger partial charge in [0, 0.05) is 17.9 Å². The Morgan fingerprint density at radius 3 is 2.12 bits per heavy atom. The van der Waals surface area contributed by atoms with Gasteiger partial charge in [-0.15, -0.1) is 0 Å². The van der Waals surface area contributed by atoms with Crippen LogP contribution in [0.1, 0.15) is 43.9 Å². The van der Waals surface area contributed by atoms with E-state index in [1.54, 1.807) is 4.90 Å². The number of carbonyl (C=O) groups excluding carboxylic acids is 2. The van der Waals surface area contributed by atoms with Crippen LogP contribution < -0.4 is 10.2 Å². The fraction of sp³-hybridized carbons (Fsp3) is 0.364. The van der Waals surface area contributed by atoms with Crippen LogP contribution >= 0.6 is 0 Å². The van der Waals surface area contributed by atoms with Gasteiger partial charge in [-0.25, -0.2) is 0 Å². The van der Waals surface area contributed by atoms with Crippen molar-refractivity contribution in [3.05, 3.63) is 59.2 Å². The first-order chi connectivity index (χ1) is 12.5. The smallest absolute Gasteiger partial charge is 0.236 e. The second-order valence-corrected chi connectivity index (χ2v) is 6.36. The van der Waals surface area contributed by atoms with Crippen molar-refractivity contribution in [3.8, 4) is 0 Å². The zero-order valence-electron chi connectivity index (χ0n) is 16.1. The van der Waals surface area contributed by atoms with Gasteiger partial charge in [0.1, 0.15) is 6.42 Å². The minimum atomic E-state index is -0.267. The number of para-hydroxylation sites is 1. The molecule has 1 N–H and O–H groups in total. The first kappa shape index (κ1) is 19.7. The van der Waals surface area contributed by atoms with Gasteiger partial charge in [-0.05, 0) is 55.5 Å². The van der Waals surface area contributed by atoms with Gasteiger partial charge in [-0.1, -0.05) is 44.2 Å². The molecule has 0 aromatic heterocycles. The molecule has 4 heteroatoms. The summed E-state index contributed by atoms with van der Waals surface area (Å²) in [5.74, 6) is -0.459. The Balaban J connectivity index is 2.13. The molecule has 0 bridgehead atoms. The van der Waals surface area contributed by atoms with E-state index in [0.29, 0.717) is 6.54 Å². The fourth-order valence-electron chi connectivity index (χ4n) is 3.12. The molecule has 0 aliphatic heterocycles. The Hall–Kier alpha value is -2.62. The van der Waals surface area contributed by atoms with Gasteiger partial charge in [0.25, 0.3) is 0 Å². The maximum absolute atomic E-state index is 12.7. The molecular formula is C22H28N2O2. The first-order valence-electron chi connectivity index (χ1n) is 9.27. The van der Waals surface area contributed by atoms with Crippen LogP contribution in [0.25, 0.3) is 0 Å². The molecule has 4 nitrogen and oxygen atoms in total. The Kier molecular flexibility index (Phi) is 6.96. The molecule has 0 fully saturated rings. The molecular weight excluding hydrogens is 324 g/mol. The summed E-state index contributed by atoms with van der Waals surface area (Å²) in [6.45, 7) is 8.56. The molecule has 0 aliphatic carbocycles. The zero-order valence-corrected chi connectivity index (χ0v) is 16.1. The summed E-state index contributed by atoms with van der Waals surface area (Å²) in [7, 11) is 0. The first-order valence-corrected chi connectivity index (χ1v) is 9.27. The van der Waals surface area contributed by atoms with Crippen molar-refractivity contribution in [2.75, 3.05) is 16.8 Å². The Labute approximate surface area is 156 Å². The minimum Gasteiger partial charge on any atom is -0.325 e. The van der Waals surface area contributed by atoms with E-state index >= 15 is 0 Å². The third kappa shape index (κ3) is 4.72. The number of hydrogen-bond acceptors (Lipinski definition) is 2. The predicted octanol–water partition coefficient (Wildman–Crippen LogP) is 4.50. The summed E-state index contributed by atoms with van der Waals surface area (Å²) < 4.78 is 0. The summed E-state index contributed by atoms with van der Waals surface area (Å²) in [6, 6.07) is 13.8. The van der Waals surface area contributed by atoms with Crippen LogP contribution in [-0.2, 0) is 22.4 Å². The Bertz CT molecular complexity index is 761. The number of rotatable bonds is 7. The van der Waals surface area contributed by atoms with Gasteiger partial charge in [0.15, 0.2) is 0 Å². The number of nitrogens with zero attached hydrogens (tertiary/aromatic N) is 1. The quantitative estimate of drug-likeness (QED) is 0.746. The SMILES string of the molecule is CCc1cccc(CC)c1NC(=O)CC(=O)N(CC)c1cccc(C)c1. The van der Waals surface area contributed by atoms with E-state index in [-0.39, 0.29) is 18.2 Å². The minimum absolute atomic E-state index is 0.164. The summed E-state index contributed by atoms with van der Waals surface area (Å²) in [5, 5.41) is 2.97. The lowest BCUT2D eigenvalue weighted by molar-refractivity contribution is -0.125. The number of hydrogen-bond donors (Lipinski definition) is 1. The van der Waals surface area contributed by atoms with Gasteiger partial charge in [0.05, 0.1) is 0 Å². The number of benzene rings is 2. The highest BCUT2D eigenvalue weighted by Crippen LogP contribution is 2.23. The number of amides is 2. The zero-order chi connectivity index (χ0) is 19.1. The monoisotopic (exact) mass is 352 g/mol. The van der Waals surface area contributed by atoms with Crippen molar-refractivity contribution in [3.63, 3.8) is 0 Å². The largest absolute Gasteiger partial charge is 0.325 e. The van der Waals surface area contributed by atoms with Crippen LogP contribution in [-0.4, -0.2) is 18.4 Å². The van der Waals surface area contributed by atoms with Gasteiger partial charge in [0.2, 0.25) is 11.8 Å². The molecule has 2 rings (SSSR count). The van der Waals surface area contributed by atoms with Crippen molar-refractivity contribution < 1.29 is 9.59 Å². The molecule has 138 valence electrons. The molecule has 2 aromatic rings. The van der Waals surface area contributed by atoms with E-state index in [1.165, 1.54) is 0 Å². The molecule has 0 atom stereocenters. The van der Waals surface area contributed by atoms with E-state index in [9.17, 15) is 9.59 Å². The average Bonchev–Trinajstić information content (AvgIpc) is 2.62. The number of aryl methyl sites for hydroxylation is 3. The molecule has 0 radical (unpaired) electrons. The van der Waals surface area contributed by atoms with E-state index in [4.69, 9.17) is 0 Å². The Morgan fingerprint density at radius 1 is 0.962 bits per heavy atom. The molecule has 0 spiro atoms. The summed E-state index contributed by atoms with van der Waals surface area (Å²) in [4.78, 5) is 26.8. The van der Waals surface area contributed by atoms with Gasteiger partial charge in [-0.3, -0.25) is 9.59 Å². The van der Waals surface area contributed by atoms with Crippen LogP contribution in [0, 0.1) is 6.92 Å². The van der Waals surface area contributed by atoms with Crippen molar-refractivity contribution >= 4 is 23.2 Å². The van der Waals surface area contributed by atoms with E-state index in [0.717, 1.165) is 40.9 Å². The molecule has 2 aromatic carbocycles. The lowest BCUT2D eigenvalue weighted by Gasteiger charge is -2.22. The second-order valence-electron chi connectivity index (χ2n) is 6.36. The topological polar surface area (TPSA) is 49.4 Å². The van der Waals surface area contributed by atoms with Crippen molar-refractivity contribution in [2.24, 2.45) is 0 Å². The lowest BCUT2D eigenvalue weighted by atomic mass is 10.0. The van der Waals surface area contributed by atoms with Crippen LogP contribution in [0.15, 0.2) is 42.5 Å². The third-order valence-electron chi connectivity index (χ3n) is 4.51. The maximum atomic E-state index is 12.7. The standard InChI is InChI=1S/C22H28N2O2/c1-5-17-11-9-12-18(6-2)22(17)23-20(25)15-21(26)24(7-3)19-13-8-10-16(4)14-19/h8-14H,5-7,15H2,1-4H3,(H,23,25). The summed E-state index contributed by atoms with van der Waals surface area (Å²) in [5.41, 5.74) is 4.96.